The molecular weight excluding hydrogens is 264 g/mol. The topological polar surface area (TPSA) is 92.9 Å². The molecule has 7 heteroatoms. The van der Waals surface area contributed by atoms with E-state index in [0.29, 0.717) is 18.8 Å². The Morgan fingerprint density at radius 1 is 1.40 bits per heavy atom. The molecule has 0 aliphatic carbocycles. The van der Waals surface area contributed by atoms with Crippen LogP contribution in [0.25, 0.3) is 0 Å². The van der Waals surface area contributed by atoms with Crippen LogP contribution in [0, 0.1) is 10.1 Å². The normalized spacial score (nSPS) is 22.6. The zero-order valence-electron chi connectivity index (χ0n) is 11.3. The average molecular weight is 280 g/mol. The molecule has 108 valence electrons. The number of hydrogen-bond acceptors (Lipinski definition) is 5. The summed E-state index contributed by atoms with van der Waals surface area (Å²) in [4.78, 5) is 23.3. The van der Waals surface area contributed by atoms with Gasteiger partial charge in [0.05, 0.1) is 17.1 Å². The number of carboxylic acid groups (broad SMARTS) is 1. The Balaban J connectivity index is 2.36. The van der Waals surface area contributed by atoms with Gasteiger partial charge in [-0.3, -0.25) is 10.1 Å². The first-order chi connectivity index (χ1) is 9.38. The molecule has 1 heterocycles. The van der Waals surface area contributed by atoms with E-state index in [9.17, 15) is 14.9 Å². The van der Waals surface area contributed by atoms with Crippen LogP contribution >= 0.6 is 0 Å². The first-order valence-corrected chi connectivity index (χ1v) is 6.30. The second-order valence-corrected chi connectivity index (χ2v) is 4.93. The number of benzene rings is 1. The van der Waals surface area contributed by atoms with E-state index in [1.165, 1.54) is 12.1 Å². The maximum absolute atomic E-state index is 11.1. The molecule has 0 spiro atoms. The molecule has 0 radical (unpaired) electrons. The molecule has 7 nitrogen and oxygen atoms in total. The van der Waals surface area contributed by atoms with Gasteiger partial charge >= 0.3 is 5.97 Å². The number of aromatic carboxylic acids is 1. The SMILES string of the molecule is CC1CN(c2ccc([N+](=O)[O-])c(C(=O)O)c2)CC(C)O1. The van der Waals surface area contributed by atoms with Crippen LogP contribution in [0.4, 0.5) is 11.4 Å². The number of anilines is 1. The molecular formula is C13H16N2O5. The van der Waals surface area contributed by atoms with Crippen molar-refractivity contribution in [2.75, 3.05) is 18.0 Å². The average Bonchev–Trinajstić information content (AvgIpc) is 2.36. The van der Waals surface area contributed by atoms with Gasteiger partial charge < -0.3 is 14.7 Å². The van der Waals surface area contributed by atoms with Crippen LogP contribution < -0.4 is 4.90 Å². The zero-order chi connectivity index (χ0) is 14.9. The summed E-state index contributed by atoms with van der Waals surface area (Å²) in [6, 6.07) is 4.17. The molecule has 2 rings (SSSR count). The van der Waals surface area contributed by atoms with Gasteiger partial charge in [-0.2, -0.15) is 0 Å². The quantitative estimate of drug-likeness (QED) is 0.671. The van der Waals surface area contributed by atoms with Crippen molar-refractivity contribution in [1.82, 2.24) is 0 Å². The molecule has 0 bridgehead atoms. The van der Waals surface area contributed by atoms with Crippen molar-refractivity contribution in [3.05, 3.63) is 33.9 Å². The van der Waals surface area contributed by atoms with Gasteiger partial charge in [0.2, 0.25) is 0 Å². The summed E-state index contributed by atoms with van der Waals surface area (Å²) in [6.07, 6.45) is 0.0597. The molecule has 1 aromatic carbocycles. The lowest BCUT2D eigenvalue weighted by molar-refractivity contribution is -0.385. The highest BCUT2D eigenvalue weighted by Gasteiger charge is 2.25. The third-order valence-corrected chi connectivity index (χ3v) is 3.19. The predicted molar refractivity (Wildman–Crippen MR) is 72.3 cm³/mol. The number of nitrogens with zero attached hydrogens (tertiary/aromatic N) is 2. The first-order valence-electron chi connectivity index (χ1n) is 6.30. The molecule has 0 amide bonds. The summed E-state index contributed by atoms with van der Waals surface area (Å²) in [5.41, 5.74) is -0.0232. The maximum atomic E-state index is 11.1. The Morgan fingerprint density at radius 3 is 2.50 bits per heavy atom. The summed E-state index contributed by atoms with van der Waals surface area (Å²) < 4.78 is 5.61. The number of ether oxygens (including phenoxy) is 1. The van der Waals surface area contributed by atoms with Crippen LogP contribution in [0.2, 0.25) is 0 Å². The van der Waals surface area contributed by atoms with Crippen molar-refractivity contribution in [2.24, 2.45) is 0 Å². The lowest BCUT2D eigenvalue weighted by Gasteiger charge is -2.36. The van der Waals surface area contributed by atoms with Crippen molar-refractivity contribution in [2.45, 2.75) is 26.1 Å². The maximum Gasteiger partial charge on any atom is 0.342 e. The van der Waals surface area contributed by atoms with E-state index >= 15 is 0 Å². The van der Waals surface area contributed by atoms with Crippen LogP contribution in [0.15, 0.2) is 18.2 Å². The van der Waals surface area contributed by atoms with Gasteiger partial charge in [0.1, 0.15) is 5.56 Å². The molecule has 1 saturated heterocycles. The molecule has 20 heavy (non-hydrogen) atoms. The van der Waals surface area contributed by atoms with Gasteiger partial charge in [0, 0.05) is 24.8 Å². The Labute approximate surface area is 115 Å². The van der Waals surface area contributed by atoms with Gasteiger partial charge in [-0.1, -0.05) is 0 Å². The Morgan fingerprint density at radius 2 is 2.00 bits per heavy atom. The fourth-order valence-corrected chi connectivity index (χ4v) is 2.44. The van der Waals surface area contributed by atoms with Crippen molar-refractivity contribution in [3.63, 3.8) is 0 Å². The number of carbonyl (C=O) groups is 1. The van der Waals surface area contributed by atoms with E-state index in [2.05, 4.69) is 0 Å². The number of nitro groups is 1. The largest absolute Gasteiger partial charge is 0.477 e. The summed E-state index contributed by atoms with van der Waals surface area (Å²) in [5.74, 6) is -1.30. The van der Waals surface area contributed by atoms with E-state index in [4.69, 9.17) is 9.84 Å². The first kappa shape index (κ1) is 14.3. The number of hydrogen-bond donors (Lipinski definition) is 1. The van der Waals surface area contributed by atoms with Crippen LogP contribution in [0.5, 0.6) is 0 Å². The van der Waals surface area contributed by atoms with Crippen molar-refractivity contribution in [3.8, 4) is 0 Å². The summed E-state index contributed by atoms with van der Waals surface area (Å²) in [7, 11) is 0. The Kier molecular flexibility index (Phi) is 3.89. The number of nitro benzene ring substituents is 1. The lowest BCUT2D eigenvalue weighted by atomic mass is 10.1. The lowest BCUT2D eigenvalue weighted by Crippen LogP contribution is -2.45. The zero-order valence-corrected chi connectivity index (χ0v) is 11.3. The van der Waals surface area contributed by atoms with E-state index in [-0.39, 0.29) is 17.8 Å². The monoisotopic (exact) mass is 280 g/mol. The Bertz CT molecular complexity index is 536. The van der Waals surface area contributed by atoms with Crippen LogP contribution in [-0.4, -0.2) is 41.3 Å². The third-order valence-electron chi connectivity index (χ3n) is 3.19. The molecule has 2 atom stereocenters. The summed E-state index contributed by atoms with van der Waals surface area (Å²) in [6.45, 7) is 5.13. The van der Waals surface area contributed by atoms with Gasteiger partial charge in [-0.25, -0.2) is 4.79 Å². The molecule has 2 unspecified atom stereocenters. The number of morpholine rings is 1. The standard InChI is InChI=1S/C13H16N2O5/c1-8-6-14(7-9(2)20-8)10-3-4-12(15(18)19)11(5-10)13(16)17/h3-5,8-9H,6-7H2,1-2H3,(H,16,17). The molecule has 1 aliphatic rings. The highest BCUT2D eigenvalue weighted by Crippen LogP contribution is 2.27. The number of carboxylic acids is 1. The molecule has 1 N–H and O–H groups in total. The van der Waals surface area contributed by atoms with Gasteiger partial charge in [0.15, 0.2) is 0 Å². The Hall–Kier alpha value is -2.15. The molecule has 0 saturated carbocycles. The van der Waals surface area contributed by atoms with Gasteiger partial charge in [-0.05, 0) is 26.0 Å². The van der Waals surface area contributed by atoms with E-state index < -0.39 is 16.6 Å². The smallest absolute Gasteiger partial charge is 0.342 e. The molecule has 1 aromatic rings. The minimum atomic E-state index is -1.30. The van der Waals surface area contributed by atoms with E-state index in [0.717, 1.165) is 0 Å². The second-order valence-electron chi connectivity index (χ2n) is 4.93. The minimum Gasteiger partial charge on any atom is -0.477 e. The van der Waals surface area contributed by atoms with Gasteiger partial charge in [0.25, 0.3) is 5.69 Å². The van der Waals surface area contributed by atoms with Gasteiger partial charge in [-0.15, -0.1) is 0 Å². The van der Waals surface area contributed by atoms with Crippen LogP contribution in [0.3, 0.4) is 0 Å². The van der Waals surface area contributed by atoms with Crippen LogP contribution in [-0.2, 0) is 4.74 Å². The summed E-state index contributed by atoms with van der Waals surface area (Å²) in [5, 5.41) is 19.9. The van der Waals surface area contributed by atoms with E-state index in [1.807, 2.05) is 18.7 Å². The van der Waals surface area contributed by atoms with Crippen molar-refractivity contribution < 1.29 is 19.6 Å². The fourth-order valence-electron chi connectivity index (χ4n) is 2.44. The van der Waals surface area contributed by atoms with E-state index in [1.54, 1.807) is 6.07 Å². The van der Waals surface area contributed by atoms with Crippen molar-refractivity contribution in [1.29, 1.82) is 0 Å². The number of rotatable bonds is 3. The highest BCUT2D eigenvalue weighted by molar-refractivity contribution is 5.93. The minimum absolute atomic E-state index is 0.0298. The fraction of sp³-hybridized carbons (Fsp3) is 0.462. The molecule has 1 aliphatic heterocycles. The third kappa shape index (κ3) is 2.88. The van der Waals surface area contributed by atoms with Crippen molar-refractivity contribution >= 4 is 17.3 Å². The second kappa shape index (κ2) is 5.46. The molecule has 0 aromatic heterocycles. The molecule has 1 fully saturated rings. The highest BCUT2D eigenvalue weighted by atomic mass is 16.6. The summed E-state index contributed by atoms with van der Waals surface area (Å²) >= 11 is 0. The predicted octanol–water partition coefficient (Wildman–Crippen LogP) is 1.91. The van der Waals surface area contributed by atoms with Crippen LogP contribution in [0.1, 0.15) is 24.2 Å².